The van der Waals surface area contributed by atoms with Crippen molar-refractivity contribution in [2.24, 2.45) is 5.92 Å². The van der Waals surface area contributed by atoms with Crippen LogP contribution in [0.15, 0.2) is 12.3 Å². The van der Waals surface area contributed by atoms with Gasteiger partial charge in [-0.05, 0) is 31.8 Å². The van der Waals surface area contributed by atoms with Gasteiger partial charge in [-0.3, -0.25) is 9.78 Å². The number of carbonyl (C=O) groups is 1. The van der Waals surface area contributed by atoms with Gasteiger partial charge >= 0.3 is 7.48 Å². The number of Topliss-reactive ketones (excluding diaryl/α,β-unsaturated/α-hetero) is 1. The first-order valence-corrected chi connectivity index (χ1v) is 5.79. The first kappa shape index (κ1) is 13.9. The van der Waals surface area contributed by atoms with Crippen molar-refractivity contribution in [2.75, 3.05) is 0 Å². The number of nitrogens with zero attached hydrogens (tertiary/aromatic N) is 1. The number of hydrogen-bond donors (Lipinski definition) is 1. The van der Waals surface area contributed by atoms with Crippen LogP contribution in [0.3, 0.4) is 0 Å². The molecule has 1 rings (SSSR count). The summed E-state index contributed by atoms with van der Waals surface area (Å²) < 4.78 is 0. The molecule has 0 atom stereocenters. The van der Waals surface area contributed by atoms with Gasteiger partial charge in [-0.1, -0.05) is 19.9 Å². The fraction of sp³-hybridized carbons (Fsp3) is 0.538. The summed E-state index contributed by atoms with van der Waals surface area (Å²) >= 11 is 0. The third-order valence-corrected chi connectivity index (χ3v) is 2.98. The number of aryl methyl sites for hydroxylation is 1. The topological polar surface area (TPSA) is 50.2 Å². The highest BCUT2D eigenvalue weighted by molar-refractivity contribution is 6.45. The van der Waals surface area contributed by atoms with E-state index in [1.54, 1.807) is 6.20 Å². The predicted octanol–water partition coefficient (Wildman–Crippen LogP) is 1.13. The average molecular weight is 232 g/mol. The van der Waals surface area contributed by atoms with Gasteiger partial charge in [0.2, 0.25) is 0 Å². The highest BCUT2D eigenvalue weighted by Gasteiger charge is 2.33. The molecule has 1 aromatic heterocycles. The molecule has 1 N–H and O–H groups in total. The van der Waals surface area contributed by atoms with Crippen LogP contribution >= 0.6 is 0 Å². The summed E-state index contributed by atoms with van der Waals surface area (Å²) in [4.78, 5) is 16.5. The minimum Gasteiger partial charge on any atom is -0.450 e. The Hall–Kier alpha value is -1.16. The van der Waals surface area contributed by atoms with Crippen LogP contribution in [-0.2, 0) is 10.2 Å². The predicted molar refractivity (Wildman–Crippen MR) is 69.5 cm³/mol. The first-order valence-electron chi connectivity index (χ1n) is 5.79. The summed E-state index contributed by atoms with van der Waals surface area (Å²) in [5, 5.41) is 8.92. The van der Waals surface area contributed by atoms with Crippen molar-refractivity contribution in [1.82, 2.24) is 4.98 Å². The van der Waals surface area contributed by atoms with Crippen LogP contribution in [-0.4, -0.2) is 23.3 Å². The molecular weight excluding hydrogens is 213 g/mol. The molecule has 1 aromatic rings. The van der Waals surface area contributed by atoms with Crippen LogP contribution in [0, 0.1) is 12.8 Å². The van der Waals surface area contributed by atoms with Crippen LogP contribution in [0.25, 0.3) is 0 Å². The van der Waals surface area contributed by atoms with Gasteiger partial charge in [-0.15, -0.1) is 0 Å². The lowest BCUT2D eigenvalue weighted by Crippen LogP contribution is -2.35. The van der Waals surface area contributed by atoms with Gasteiger partial charge in [-0.2, -0.15) is 0 Å². The van der Waals surface area contributed by atoms with Crippen LogP contribution < -0.4 is 5.46 Å². The monoisotopic (exact) mass is 232 g/mol. The van der Waals surface area contributed by atoms with E-state index in [2.05, 4.69) is 4.98 Å². The smallest absolute Gasteiger partial charge is 0.328 e. The zero-order chi connectivity index (χ0) is 13.2. The molecule has 3 nitrogen and oxygen atoms in total. The fourth-order valence-electron chi connectivity index (χ4n) is 2.16. The summed E-state index contributed by atoms with van der Waals surface area (Å²) in [6.07, 6.45) is 1.58. The summed E-state index contributed by atoms with van der Waals surface area (Å²) in [6, 6.07) is 1.83. The third kappa shape index (κ3) is 2.75. The van der Waals surface area contributed by atoms with E-state index in [1.807, 2.05) is 40.7 Å². The van der Waals surface area contributed by atoms with Gasteiger partial charge < -0.3 is 5.02 Å². The molecular formula is C13H19BNO2. The summed E-state index contributed by atoms with van der Waals surface area (Å²) in [7, 11) is 1.01. The molecule has 91 valence electrons. The molecule has 0 unspecified atom stereocenters. The molecule has 0 aliphatic carbocycles. The molecule has 0 fully saturated rings. The number of carbonyl (C=O) groups excluding carboxylic acids is 1. The van der Waals surface area contributed by atoms with Crippen LogP contribution in [0.2, 0.25) is 0 Å². The number of pyridine rings is 1. The van der Waals surface area contributed by atoms with Gasteiger partial charge in [0.05, 0.1) is 11.1 Å². The quantitative estimate of drug-likeness (QED) is 0.791. The molecule has 4 heteroatoms. The van der Waals surface area contributed by atoms with E-state index in [4.69, 9.17) is 5.02 Å². The van der Waals surface area contributed by atoms with E-state index in [0.717, 1.165) is 18.7 Å². The molecule has 1 heterocycles. The lowest BCUT2D eigenvalue weighted by atomic mass is 9.77. The number of aromatic nitrogens is 1. The molecule has 0 spiro atoms. The molecule has 0 aliphatic heterocycles. The van der Waals surface area contributed by atoms with Gasteiger partial charge in [0.1, 0.15) is 5.78 Å². The molecule has 0 aromatic carbocycles. The third-order valence-electron chi connectivity index (χ3n) is 2.98. The second-order valence-electron chi connectivity index (χ2n) is 5.21. The molecule has 0 amide bonds. The van der Waals surface area contributed by atoms with Crippen molar-refractivity contribution in [3.63, 3.8) is 0 Å². The van der Waals surface area contributed by atoms with Crippen molar-refractivity contribution in [3.8, 4) is 0 Å². The van der Waals surface area contributed by atoms with Crippen LogP contribution in [0.1, 0.15) is 39.0 Å². The maximum Gasteiger partial charge on any atom is 0.328 e. The van der Waals surface area contributed by atoms with Gasteiger partial charge in [0, 0.05) is 12.1 Å². The summed E-state index contributed by atoms with van der Waals surface area (Å²) in [6.45, 7) is 9.50. The summed E-state index contributed by atoms with van der Waals surface area (Å²) in [5.74, 6) is 0.157. The van der Waals surface area contributed by atoms with Gasteiger partial charge in [-0.25, -0.2) is 0 Å². The van der Waals surface area contributed by atoms with Crippen molar-refractivity contribution >= 4 is 18.7 Å². The maximum absolute atomic E-state index is 12.2. The number of ketones is 1. The lowest BCUT2D eigenvalue weighted by molar-refractivity contribution is -0.126. The zero-order valence-corrected chi connectivity index (χ0v) is 11.1. The second kappa shape index (κ2) is 5.00. The maximum atomic E-state index is 12.2. The van der Waals surface area contributed by atoms with Crippen LogP contribution in [0.4, 0.5) is 0 Å². The second-order valence-corrected chi connectivity index (χ2v) is 5.21. The van der Waals surface area contributed by atoms with Crippen molar-refractivity contribution in [1.29, 1.82) is 0 Å². The minimum absolute atomic E-state index is 0.0183. The van der Waals surface area contributed by atoms with E-state index in [9.17, 15) is 4.79 Å². The Kier molecular flexibility index (Phi) is 4.09. The largest absolute Gasteiger partial charge is 0.450 e. The molecule has 0 bridgehead atoms. The number of rotatable bonds is 4. The Morgan fingerprint density at radius 1 is 1.47 bits per heavy atom. The SMILES string of the molecule is Cc1cc([B]O)cnc1C(C)(C)C(=O)C(C)C. The van der Waals surface area contributed by atoms with Gasteiger partial charge in [0.15, 0.2) is 0 Å². The Labute approximate surface area is 104 Å². The molecule has 1 radical (unpaired) electrons. The standard InChI is InChI=1S/C13H19BNO2/c1-8(2)12(16)13(4,5)11-9(3)6-10(14-17)7-15-11/h6-8,17H,1-5H3. The number of hydrogen-bond acceptors (Lipinski definition) is 3. The Morgan fingerprint density at radius 3 is 2.47 bits per heavy atom. The fourth-order valence-corrected chi connectivity index (χ4v) is 2.16. The van der Waals surface area contributed by atoms with Crippen molar-refractivity contribution in [3.05, 3.63) is 23.5 Å². The minimum atomic E-state index is -0.591. The lowest BCUT2D eigenvalue weighted by Gasteiger charge is -2.26. The van der Waals surface area contributed by atoms with Crippen molar-refractivity contribution in [2.45, 2.75) is 40.0 Å². The Bertz CT molecular complexity index is 427. The molecule has 17 heavy (non-hydrogen) atoms. The zero-order valence-electron chi connectivity index (χ0n) is 11.1. The van der Waals surface area contributed by atoms with Gasteiger partial charge in [0.25, 0.3) is 0 Å². The van der Waals surface area contributed by atoms with Crippen molar-refractivity contribution < 1.29 is 9.82 Å². The van der Waals surface area contributed by atoms with Crippen LogP contribution in [0.5, 0.6) is 0 Å². The molecule has 0 saturated heterocycles. The normalized spacial score (nSPS) is 11.7. The first-order chi connectivity index (χ1) is 7.80. The van der Waals surface area contributed by atoms with E-state index in [1.165, 1.54) is 0 Å². The van der Waals surface area contributed by atoms with E-state index in [-0.39, 0.29) is 11.7 Å². The Morgan fingerprint density at radius 2 is 2.06 bits per heavy atom. The van der Waals surface area contributed by atoms with E-state index >= 15 is 0 Å². The Balaban J connectivity index is 3.19. The average Bonchev–Trinajstić information content (AvgIpc) is 2.27. The van der Waals surface area contributed by atoms with E-state index < -0.39 is 5.41 Å². The molecule has 0 saturated carbocycles. The highest BCUT2D eigenvalue weighted by atomic mass is 16.2. The molecule has 0 aliphatic rings. The summed E-state index contributed by atoms with van der Waals surface area (Å²) in [5.41, 5.74) is 1.76. The van der Waals surface area contributed by atoms with E-state index in [0.29, 0.717) is 5.46 Å². The highest BCUT2D eigenvalue weighted by Crippen LogP contribution is 2.27.